The Labute approximate surface area is 126 Å². The van der Waals surface area contributed by atoms with Crippen molar-refractivity contribution >= 4 is 11.7 Å². The van der Waals surface area contributed by atoms with Crippen LogP contribution >= 0.6 is 0 Å². The number of urea groups is 1. The Kier molecular flexibility index (Phi) is 5.78. The third-order valence-corrected chi connectivity index (χ3v) is 4.11. The number of nitrogens with two attached hydrogens (primary N) is 1. The van der Waals surface area contributed by atoms with Gasteiger partial charge in [-0.1, -0.05) is 56.9 Å². The Morgan fingerprint density at radius 2 is 1.90 bits per heavy atom. The topological polar surface area (TPSA) is 67.5 Å². The minimum absolute atomic E-state index is 0.623. The standard InChI is InChI=1S/C17H25N3O/c1-2-6-16(19-20-17(18)21)15-11-9-14(10-12-15)13-7-4-3-5-8-13/h9-13H,2-8H2,1H3,(H3,18,20,21)/b19-16+. The fourth-order valence-electron chi connectivity index (χ4n) is 3.01. The summed E-state index contributed by atoms with van der Waals surface area (Å²) in [6, 6.07) is 8.02. The Hall–Kier alpha value is -1.84. The molecule has 0 aromatic heterocycles. The fraction of sp³-hybridized carbons (Fsp3) is 0.529. The monoisotopic (exact) mass is 287 g/mol. The lowest BCUT2D eigenvalue weighted by Gasteiger charge is -2.22. The number of nitrogens with one attached hydrogen (secondary N) is 1. The molecule has 4 heteroatoms. The molecule has 114 valence electrons. The zero-order valence-electron chi connectivity index (χ0n) is 12.8. The van der Waals surface area contributed by atoms with Crippen molar-refractivity contribution in [3.63, 3.8) is 0 Å². The summed E-state index contributed by atoms with van der Waals surface area (Å²) in [5.41, 5.74) is 10.8. The van der Waals surface area contributed by atoms with Gasteiger partial charge in [-0.05, 0) is 36.3 Å². The van der Waals surface area contributed by atoms with Crippen molar-refractivity contribution in [1.82, 2.24) is 5.43 Å². The second kappa shape index (κ2) is 7.81. The zero-order valence-corrected chi connectivity index (χ0v) is 12.8. The number of amides is 2. The fourth-order valence-corrected chi connectivity index (χ4v) is 3.01. The summed E-state index contributed by atoms with van der Waals surface area (Å²) in [6.07, 6.45) is 8.47. The van der Waals surface area contributed by atoms with Crippen molar-refractivity contribution in [2.24, 2.45) is 10.8 Å². The number of rotatable bonds is 5. The molecule has 0 spiro atoms. The van der Waals surface area contributed by atoms with Crippen LogP contribution in [0.5, 0.6) is 0 Å². The van der Waals surface area contributed by atoms with Crippen molar-refractivity contribution in [3.05, 3.63) is 35.4 Å². The van der Waals surface area contributed by atoms with Gasteiger partial charge < -0.3 is 5.73 Å². The van der Waals surface area contributed by atoms with E-state index in [9.17, 15) is 4.79 Å². The van der Waals surface area contributed by atoms with Gasteiger partial charge in [0.2, 0.25) is 0 Å². The summed E-state index contributed by atoms with van der Waals surface area (Å²) in [7, 11) is 0. The lowest BCUT2D eigenvalue weighted by Crippen LogP contribution is -2.26. The first kappa shape index (κ1) is 15.5. The molecule has 0 radical (unpaired) electrons. The molecule has 1 aliphatic rings. The molecular formula is C17H25N3O. The second-order valence-electron chi connectivity index (χ2n) is 5.74. The van der Waals surface area contributed by atoms with E-state index < -0.39 is 6.03 Å². The van der Waals surface area contributed by atoms with Gasteiger partial charge in [0.25, 0.3) is 0 Å². The van der Waals surface area contributed by atoms with Crippen LogP contribution in [0.1, 0.15) is 68.9 Å². The van der Waals surface area contributed by atoms with Gasteiger partial charge in [0.05, 0.1) is 5.71 Å². The van der Waals surface area contributed by atoms with Gasteiger partial charge in [0.15, 0.2) is 0 Å². The van der Waals surface area contributed by atoms with Crippen LogP contribution in [0.3, 0.4) is 0 Å². The van der Waals surface area contributed by atoms with E-state index in [1.165, 1.54) is 37.7 Å². The Bertz CT molecular complexity index is 487. The van der Waals surface area contributed by atoms with E-state index in [-0.39, 0.29) is 0 Å². The van der Waals surface area contributed by atoms with Crippen LogP contribution in [0.15, 0.2) is 29.4 Å². The number of benzene rings is 1. The maximum Gasteiger partial charge on any atom is 0.332 e. The van der Waals surface area contributed by atoms with Crippen molar-refractivity contribution in [3.8, 4) is 0 Å². The minimum atomic E-state index is -0.623. The molecule has 0 atom stereocenters. The maximum absolute atomic E-state index is 10.8. The van der Waals surface area contributed by atoms with E-state index >= 15 is 0 Å². The first-order chi connectivity index (χ1) is 10.2. The smallest absolute Gasteiger partial charge is 0.332 e. The molecule has 0 aliphatic heterocycles. The molecule has 1 fully saturated rings. The first-order valence-electron chi connectivity index (χ1n) is 7.93. The predicted molar refractivity (Wildman–Crippen MR) is 86.4 cm³/mol. The molecule has 0 bridgehead atoms. The van der Waals surface area contributed by atoms with Crippen molar-refractivity contribution in [1.29, 1.82) is 0 Å². The van der Waals surface area contributed by atoms with Gasteiger partial charge >= 0.3 is 6.03 Å². The molecule has 4 nitrogen and oxygen atoms in total. The second-order valence-corrected chi connectivity index (χ2v) is 5.74. The first-order valence-corrected chi connectivity index (χ1v) is 7.93. The molecule has 1 aromatic carbocycles. The number of carbonyl (C=O) groups excluding carboxylic acids is 1. The summed E-state index contributed by atoms with van der Waals surface area (Å²) in [4.78, 5) is 10.8. The van der Waals surface area contributed by atoms with E-state index in [4.69, 9.17) is 5.73 Å². The summed E-state index contributed by atoms with van der Waals surface area (Å²) in [5.74, 6) is 0.711. The molecule has 1 aromatic rings. The Morgan fingerprint density at radius 1 is 1.24 bits per heavy atom. The molecule has 2 rings (SSSR count). The molecule has 1 saturated carbocycles. The van der Waals surface area contributed by atoms with Gasteiger partial charge in [0, 0.05) is 0 Å². The molecule has 2 amide bonds. The molecule has 1 aliphatic carbocycles. The number of hydrazone groups is 1. The average Bonchev–Trinajstić information content (AvgIpc) is 2.52. The van der Waals surface area contributed by atoms with Gasteiger partial charge in [0.1, 0.15) is 0 Å². The zero-order chi connectivity index (χ0) is 15.1. The number of nitrogens with zero attached hydrogens (tertiary/aromatic N) is 1. The van der Waals surface area contributed by atoms with Crippen molar-refractivity contribution in [2.45, 2.75) is 57.8 Å². The van der Waals surface area contributed by atoms with Crippen LogP contribution in [-0.2, 0) is 0 Å². The van der Waals surface area contributed by atoms with Gasteiger partial charge in [-0.25, -0.2) is 10.2 Å². The summed E-state index contributed by atoms with van der Waals surface area (Å²) in [5, 5.41) is 4.12. The number of carbonyl (C=O) groups is 1. The molecule has 0 unspecified atom stereocenters. The number of hydrogen-bond acceptors (Lipinski definition) is 2. The van der Waals surface area contributed by atoms with Gasteiger partial charge in [-0.2, -0.15) is 5.10 Å². The van der Waals surface area contributed by atoms with Crippen LogP contribution in [0.25, 0.3) is 0 Å². The van der Waals surface area contributed by atoms with E-state index in [2.05, 4.69) is 41.7 Å². The van der Waals surface area contributed by atoms with Crippen LogP contribution < -0.4 is 11.2 Å². The highest BCUT2D eigenvalue weighted by Gasteiger charge is 2.15. The van der Waals surface area contributed by atoms with Crippen LogP contribution in [0.2, 0.25) is 0 Å². The highest BCUT2D eigenvalue weighted by Crippen LogP contribution is 2.32. The number of primary amides is 1. The SMILES string of the molecule is CCC/C(=N\NC(N)=O)c1ccc(C2CCCCC2)cc1. The highest BCUT2D eigenvalue weighted by molar-refractivity contribution is 6.01. The van der Waals surface area contributed by atoms with E-state index in [1.54, 1.807) is 0 Å². The van der Waals surface area contributed by atoms with Gasteiger partial charge in [-0.15, -0.1) is 0 Å². The van der Waals surface area contributed by atoms with E-state index in [0.29, 0.717) is 5.92 Å². The largest absolute Gasteiger partial charge is 0.350 e. The highest BCUT2D eigenvalue weighted by atomic mass is 16.2. The summed E-state index contributed by atoms with van der Waals surface area (Å²) < 4.78 is 0. The third kappa shape index (κ3) is 4.59. The molecule has 21 heavy (non-hydrogen) atoms. The van der Waals surface area contributed by atoms with Gasteiger partial charge in [-0.3, -0.25) is 0 Å². The van der Waals surface area contributed by atoms with E-state index in [0.717, 1.165) is 24.1 Å². The Morgan fingerprint density at radius 3 is 2.48 bits per heavy atom. The number of hydrogen-bond donors (Lipinski definition) is 2. The van der Waals surface area contributed by atoms with Crippen molar-refractivity contribution < 1.29 is 4.79 Å². The minimum Gasteiger partial charge on any atom is -0.350 e. The lowest BCUT2D eigenvalue weighted by atomic mass is 9.84. The predicted octanol–water partition coefficient (Wildman–Crippen LogP) is 3.91. The summed E-state index contributed by atoms with van der Waals surface area (Å²) in [6.45, 7) is 2.09. The van der Waals surface area contributed by atoms with Crippen LogP contribution in [-0.4, -0.2) is 11.7 Å². The molecule has 0 saturated heterocycles. The average molecular weight is 287 g/mol. The van der Waals surface area contributed by atoms with Crippen LogP contribution in [0.4, 0.5) is 4.79 Å². The summed E-state index contributed by atoms with van der Waals surface area (Å²) >= 11 is 0. The lowest BCUT2D eigenvalue weighted by molar-refractivity contribution is 0.249. The maximum atomic E-state index is 10.8. The van der Waals surface area contributed by atoms with Crippen molar-refractivity contribution in [2.75, 3.05) is 0 Å². The van der Waals surface area contributed by atoms with Crippen LogP contribution in [0, 0.1) is 0 Å². The normalized spacial score (nSPS) is 16.7. The Balaban J connectivity index is 2.11. The molecular weight excluding hydrogens is 262 g/mol. The molecule has 3 N–H and O–H groups in total. The van der Waals surface area contributed by atoms with E-state index in [1.807, 2.05) is 0 Å². The quantitative estimate of drug-likeness (QED) is 0.625. The third-order valence-electron chi connectivity index (χ3n) is 4.11. The molecule has 0 heterocycles.